The summed E-state index contributed by atoms with van der Waals surface area (Å²) >= 11 is 0. The number of hydrogen-bond acceptors (Lipinski definition) is 2. The molecule has 0 aromatic heterocycles. The predicted octanol–water partition coefficient (Wildman–Crippen LogP) is 4.90. The third-order valence-electron chi connectivity index (χ3n) is 3.33. The van der Waals surface area contributed by atoms with Gasteiger partial charge in [-0.2, -0.15) is 0 Å². The Bertz CT molecular complexity index is 716. The van der Waals surface area contributed by atoms with Crippen LogP contribution >= 0.6 is 0 Å². The van der Waals surface area contributed by atoms with Crippen molar-refractivity contribution < 1.29 is 9.53 Å². The van der Waals surface area contributed by atoms with Crippen LogP contribution in [0.3, 0.4) is 0 Å². The lowest BCUT2D eigenvalue weighted by Crippen LogP contribution is -2.25. The van der Waals surface area contributed by atoms with E-state index in [0.29, 0.717) is 12.0 Å². The van der Waals surface area contributed by atoms with Crippen molar-refractivity contribution in [2.75, 3.05) is 0 Å². The van der Waals surface area contributed by atoms with Crippen molar-refractivity contribution >= 4 is 5.97 Å². The number of esters is 1. The van der Waals surface area contributed by atoms with Gasteiger partial charge >= 0.3 is 5.97 Å². The molecule has 2 aromatic carbocycles. The van der Waals surface area contributed by atoms with Gasteiger partial charge in [0.1, 0.15) is 5.60 Å². The molecule has 0 saturated heterocycles. The third-order valence-corrected chi connectivity index (χ3v) is 3.33. The van der Waals surface area contributed by atoms with E-state index < -0.39 is 5.60 Å². The standard InChI is InChI=1S/C22H24O2/c1-22(2,3)24-21(23)20(17-19-13-8-5-9-14-19)16-10-15-18-11-6-4-7-12-18/h4-14H,15,17H2,1-3H3. The van der Waals surface area contributed by atoms with Gasteiger partial charge in [0.05, 0.1) is 5.57 Å². The summed E-state index contributed by atoms with van der Waals surface area (Å²) in [6, 6.07) is 20.0. The van der Waals surface area contributed by atoms with E-state index >= 15 is 0 Å². The highest BCUT2D eigenvalue weighted by atomic mass is 16.6. The molecule has 0 saturated carbocycles. The first-order valence-electron chi connectivity index (χ1n) is 8.19. The van der Waals surface area contributed by atoms with Crippen molar-refractivity contribution in [1.82, 2.24) is 0 Å². The van der Waals surface area contributed by atoms with E-state index in [1.54, 1.807) is 0 Å². The second kappa shape index (κ2) is 8.33. The zero-order chi connectivity index (χ0) is 17.4. The quantitative estimate of drug-likeness (QED) is 0.445. The van der Waals surface area contributed by atoms with Crippen LogP contribution in [0.25, 0.3) is 0 Å². The van der Waals surface area contributed by atoms with Crippen LogP contribution in [-0.4, -0.2) is 11.6 Å². The summed E-state index contributed by atoms with van der Waals surface area (Å²) in [6.45, 7) is 5.62. The number of ether oxygens (including phenoxy) is 1. The SMILES string of the molecule is CC(C)(C)OC(=O)C(=C=CCc1ccccc1)Cc1ccccc1. The molecule has 0 amide bonds. The summed E-state index contributed by atoms with van der Waals surface area (Å²) in [5.74, 6) is -0.310. The maximum Gasteiger partial charge on any atom is 0.342 e. The molecule has 0 spiro atoms. The fourth-order valence-corrected chi connectivity index (χ4v) is 2.23. The molecule has 0 heterocycles. The van der Waals surface area contributed by atoms with Crippen LogP contribution in [0.4, 0.5) is 0 Å². The smallest absolute Gasteiger partial charge is 0.342 e. The van der Waals surface area contributed by atoms with Gasteiger partial charge in [-0.05, 0) is 44.4 Å². The lowest BCUT2D eigenvalue weighted by Gasteiger charge is -2.20. The monoisotopic (exact) mass is 320 g/mol. The Morgan fingerprint density at radius 3 is 2.04 bits per heavy atom. The van der Waals surface area contributed by atoms with Crippen LogP contribution < -0.4 is 0 Å². The molecule has 2 heteroatoms. The van der Waals surface area contributed by atoms with Gasteiger partial charge in [0.2, 0.25) is 0 Å². The summed E-state index contributed by atoms with van der Waals surface area (Å²) in [6.07, 6.45) is 3.15. The molecule has 0 aliphatic carbocycles. The fraction of sp³-hybridized carbons (Fsp3) is 0.273. The zero-order valence-electron chi connectivity index (χ0n) is 14.6. The molecule has 0 unspecified atom stereocenters. The van der Waals surface area contributed by atoms with Crippen molar-refractivity contribution in [3.8, 4) is 0 Å². The van der Waals surface area contributed by atoms with Crippen molar-refractivity contribution in [3.05, 3.63) is 89.2 Å². The van der Waals surface area contributed by atoms with Crippen LogP contribution in [0.2, 0.25) is 0 Å². The zero-order valence-corrected chi connectivity index (χ0v) is 14.6. The molecule has 2 rings (SSSR count). The topological polar surface area (TPSA) is 26.3 Å². The second-order valence-corrected chi connectivity index (χ2v) is 6.68. The molecule has 0 atom stereocenters. The molecule has 2 nitrogen and oxygen atoms in total. The minimum atomic E-state index is -0.514. The molecule has 0 aliphatic heterocycles. The van der Waals surface area contributed by atoms with Crippen molar-refractivity contribution in [1.29, 1.82) is 0 Å². The Balaban J connectivity index is 2.21. The molecule has 0 bridgehead atoms. The first-order valence-corrected chi connectivity index (χ1v) is 8.19. The Hall–Kier alpha value is -2.57. The minimum absolute atomic E-state index is 0.310. The highest BCUT2D eigenvalue weighted by molar-refractivity contribution is 5.89. The van der Waals surface area contributed by atoms with Gasteiger partial charge < -0.3 is 4.74 Å². The molecule has 2 aromatic rings. The third kappa shape index (κ3) is 6.28. The fourth-order valence-electron chi connectivity index (χ4n) is 2.23. The van der Waals surface area contributed by atoms with E-state index in [1.807, 2.05) is 75.4 Å². The average molecular weight is 320 g/mol. The van der Waals surface area contributed by atoms with Crippen LogP contribution in [-0.2, 0) is 22.4 Å². The molecule has 0 fully saturated rings. The maximum atomic E-state index is 12.5. The lowest BCUT2D eigenvalue weighted by atomic mass is 10.0. The largest absolute Gasteiger partial charge is 0.456 e. The van der Waals surface area contributed by atoms with Crippen LogP contribution in [0, 0.1) is 0 Å². The summed E-state index contributed by atoms with van der Waals surface area (Å²) in [7, 11) is 0. The van der Waals surface area contributed by atoms with Crippen LogP contribution in [0.5, 0.6) is 0 Å². The number of carbonyl (C=O) groups is 1. The number of benzene rings is 2. The van der Waals surface area contributed by atoms with Gasteiger partial charge in [-0.1, -0.05) is 60.7 Å². The van der Waals surface area contributed by atoms with Gasteiger partial charge in [0.15, 0.2) is 0 Å². The molecule has 0 radical (unpaired) electrons. The van der Waals surface area contributed by atoms with E-state index in [0.717, 1.165) is 12.0 Å². The van der Waals surface area contributed by atoms with E-state index in [-0.39, 0.29) is 5.97 Å². The summed E-state index contributed by atoms with van der Waals surface area (Å²) in [4.78, 5) is 12.5. The van der Waals surface area contributed by atoms with Crippen LogP contribution in [0.1, 0.15) is 31.9 Å². The normalized spacial score (nSPS) is 10.6. The molecule has 24 heavy (non-hydrogen) atoms. The Labute approximate surface area is 144 Å². The summed E-state index contributed by atoms with van der Waals surface area (Å²) in [5, 5.41) is 0. The van der Waals surface area contributed by atoms with E-state index in [1.165, 1.54) is 5.56 Å². The van der Waals surface area contributed by atoms with E-state index in [4.69, 9.17) is 4.74 Å². The van der Waals surface area contributed by atoms with Gasteiger partial charge in [0.25, 0.3) is 0 Å². The molecule has 0 N–H and O–H groups in total. The lowest BCUT2D eigenvalue weighted by molar-refractivity contribution is -0.149. The highest BCUT2D eigenvalue weighted by Crippen LogP contribution is 2.14. The average Bonchev–Trinajstić information content (AvgIpc) is 2.54. The van der Waals surface area contributed by atoms with Gasteiger partial charge in [-0.15, -0.1) is 5.73 Å². The first-order chi connectivity index (χ1) is 11.4. The van der Waals surface area contributed by atoms with Crippen molar-refractivity contribution in [2.45, 2.75) is 39.2 Å². The first kappa shape index (κ1) is 17.8. The van der Waals surface area contributed by atoms with E-state index in [2.05, 4.69) is 17.9 Å². The Morgan fingerprint density at radius 2 is 1.50 bits per heavy atom. The molecular weight excluding hydrogens is 296 g/mol. The molecular formula is C22H24O2. The minimum Gasteiger partial charge on any atom is -0.456 e. The summed E-state index contributed by atoms with van der Waals surface area (Å²) in [5.41, 5.74) is 5.45. The number of rotatable bonds is 5. The van der Waals surface area contributed by atoms with Gasteiger partial charge in [-0.3, -0.25) is 0 Å². The maximum absolute atomic E-state index is 12.5. The molecule has 0 aliphatic rings. The Morgan fingerprint density at radius 1 is 0.958 bits per heavy atom. The van der Waals surface area contributed by atoms with Crippen LogP contribution in [0.15, 0.2) is 78.0 Å². The number of hydrogen-bond donors (Lipinski definition) is 0. The van der Waals surface area contributed by atoms with Gasteiger partial charge in [-0.25, -0.2) is 4.79 Å². The summed E-state index contributed by atoms with van der Waals surface area (Å²) < 4.78 is 5.52. The second-order valence-electron chi connectivity index (χ2n) is 6.68. The Kier molecular flexibility index (Phi) is 6.17. The predicted molar refractivity (Wildman–Crippen MR) is 97.7 cm³/mol. The molecule has 124 valence electrons. The van der Waals surface area contributed by atoms with E-state index in [9.17, 15) is 4.79 Å². The highest BCUT2D eigenvalue weighted by Gasteiger charge is 2.19. The van der Waals surface area contributed by atoms with Gasteiger partial charge in [0, 0.05) is 6.42 Å². The number of carbonyl (C=O) groups excluding carboxylic acids is 1. The van der Waals surface area contributed by atoms with Crippen molar-refractivity contribution in [2.24, 2.45) is 0 Å². The van der Waals surface area contributed by atoms with Crippen molar-refractivity contribution in [3.63, 3.8) is 0 Å².